The summed E-state index contributed by atoms with van der Waals surface area (Å²) in [6.45, 7) is 3.40. The van der Waals surface area contributed by atoms with Gasteiger partial charge in [0.2, 0.25) is 0 Å². The molecule has 1 aromatic heterocycles. The van der Waals surface area contributed by atoms with Crippen molar-refractivity contribution in [2.45, 2.75) is 24.9 Å². The lowest BCUT2D eigenvalue weighted by atomic mass is 9.73. The van der Waals surface area contributed by atoms with Crippen LogP contribution < -0.4 is 10.1 Å². The van der Waals surface area contributed by atoms with Gasteiger partial charge in [-0.25, -0.2) is 4.98 Å². The molecule has 1 N–H and O–H groups in total. The van der Waals surface area contributed by atoms with E-state index < -0.39 is 0 Å². The number of oxime groups is 1. The Morgan fingerprint density at radius 1 is 1.24 bits per heavy atom. The van der Waals surface area contributed by atoms with Crippen molar-refractivity contribution < 1.29 is 9.57 Å². The van der Waals surface area contributed by atoms with Gasteiger partial charge in [0, 0.05) is 24.0 Å². The maximum Gasteiger partial charge on any atom is 0.160 e. The molecule has 3 fully saturated rings. The summed E-state index contributed by atoms with van der Waals surface area (Å²) in [7, 11) is 1.67. The van der Waals surface area contributed by atoms with Crippen LogP contribution in [0.5, 0.6) is 5.75 Å². The van der Waals surface area contributed by atoms with Crippen LogP contribution in [0.25, 0.3) is 10.8 Å². The average molecular weight is 338 g/mol. The van der Waals surface area contributed by atoms with Gasteiger partial charge in [-0.2, -0.15) is 0 Å². The van der Waals surface area contributed by atoms with E-state index in [0.29, 0.717) is 5.92 Å². The Balaban J connectivity index is 1.33. The van der Waals surface area contributed by atoms with Gasteiger partial charge in [0.05, 0.1) is 13.5 Å². The van der Waals surface area contributed by atoms with Crippen LogP contribution in [-0.2, 0) is 4.84 Å². The zero-order valence-electron chi connectivity index (χ0n) is 14.4. The van der Waals surface area contributed by atoms with Crippen molar-refractivity contribution in [3.05, 3.63) is 30.5 Å². The topological polar surface area (TPSA) is 59.0 Å². The van der Waals surface area contributed by atoms with E-state index >= 15 is 0 Å². The zero-order valence-corrected chi connectivity index (χ0v) is 14.4. The molecule has 0 radical (unpaired) electrons. The molecular formula is C19H22N4O2. The highest BCUT2D eigenvalue weighted by Gasteiger charge is 2.52. The standard InChI is InChI=1S/C19H22N4O2/c1-24-16-3-2-13-9-17(20-11-14(13)8-16)21-18-10-19(25-22-18)12-23-6-4-15(19)5-7-23/h2-3,8-9,11,15H,4-7,10,12H2,1H3,(H,20,21,22)/t19-/m0/s1. The second-order valence-corrected chi connectivity index (χ2v) is 7.33. The molecule has 4 aliphatic rings. The fourth-order valence-electron chi connectivity index (χ4n) is 4.45. The number of piperidine rings is 3. The van der Waals surface area contributed by atoms with Gasteiger partial charge in [0.15, 0.2) is 11.4 Å². The molecule has 5 heterocycles. The van der Waals surface area contributed by atoms with Crippen molar-refractivity contribution >= 4 is 22.4 Å². The quantitative estimate of drug-likeness (QED) is 0.912. The molecule has 1 aromatic carbocycles. The van der Waals surface area contributed by atoms with Crippen LogP contribution in [0.2, 0.25) is 0 Å². The number of fused-ring (bicyclic) bond motifs is 3. The Labute approximate surface area is 146 Å². The molecule has 130 valence electrons. The minimum Gasteiger partial charge on any atom is -0.497 e. The van der Waals surface area contributed by atoms with Crippen LogP contribution in [-0.4, -0.2) is 48.1 Å². The van der Waals surface area contributed by atoms with E-state index in [-0.39, 0.29) is 5.60 Å². The number of benzene rings is 1. The highest BCUT2D eigenvalue weighted by molar-refractivity contribution is 5.97. The molecule has 0 aliphatic carbocycles. The molecule has 6 rings (SSSR count). The van der Waals surface area contributed by atoms with E-state index in [2.05, 4.69) is 20.4 Å². The monoisotopic (exact) mass is 338 g/mol. The number of hydrogen-bond donors (Lipinski definition) is 1. The second kappa shape index (κ2) is 5.59. The predicted octanol–water partition coefficient (Wildman–Crippen LogP) is 2.85. The number of nitrogens with zero attached hydrogens (tertiary/aromatic N) is 3. The van der Waals surface area contributed by atoms with Gasteiger partial charge < -0.3 is 14.9 Å². The van der Waals surface area contributed by atoms with Crippen LogP contribution in [0.15, 0.2) is 35.6 Å². The number of rotatable bonds is 2. The number of aromatic nitrogens is 1. The molecule has 1 atom stereocenters. The van der Waals surface area contributed by atoms with Crippen LogP contribution in [0.3, 0.4) is 0 Å². The SMILES string of the molecule is COc1ccc2cc(NC3=NO[C@@]4(C3)CN3CCC4CC3)ncc2c1. The van der Waals surface area contributed by atoms with Gasteiger partial charge in [0.25, 0.3) is 0 Å². The number of pyridine rings is 1. The van der Waals surface area contributed by atoms with Crippen molar-refractivity contribution in [3.8, 4) is 5.75 Å². The smallest absolute Gasteiger partial charge is 0.160 e. The van der Waals surface area contributed by atoms with E-state index in [0.717, 1.165) is 41.1 Å². The number of amidine groups is 1. The lowest BCUT2D eigenvalue weighted by molar-refractivity contribution is -0.136. The zero-order chi connectivity index (χ0) is 16.9. The molecule has 0 unspecified atom stereocenters. The molecule has 0 saturated carbocycles. The number of anilines is 1. The summed E-state index contributed by atoms with van der Waals surface area (Å²) in [5.74, 6) is 3.15. The van der Waals surface area contributed by atoms with E-state index in [1.54, 1.807) is 7.11 Å². The van der Waals surface area contributed by atoms with E-state index in [9.17, 15) is 0 Å². The minimum absolute atomic E-state index is 0.122. The van der Waals surface area contributed by atoms with Gasteiger partial charge in [-0.3, -0.25) is 4.90 Å². The summed E-state index contributed by atoms with van der Waals surface area (Å²) in [4.78, 5) is 13.0. The molecule has 1 spiro atoms. The highest BCUT2D eigenvalue weighted by atomic mass is 16.7. The van der Waals surface area contributed by atoms with Crippen molar-refractivity contribution in [2.75, 3.05) is 32.1 Å². The minimum atomic E-state index is -0.122. The Morgan fingerprint density at radius 3 is 2.88 bits per heavy atom. The van der Waals surface area contributed by atoms with Crippen molar-refractivity contribution in [1.29, 1.82) is 0 Å². The molecule has 6 nitrogen and oxygen atoms in total. The van der Waals surface area contributed by atoms with E-state index in [4.69, 9.17) is 9.57 Å². The third-order valence-corrected chi connectivity index (χ3v) is 5.83. The Bertz CT molecular complexity index is 844. The molecule has 2 aromatic rings. The van der Waals surface area contributed by atoms with Gasteiger partial charge in [-0.15, -0.1) is 0 Å². The fraction of sp³-hybridized carbons (Fsp3) is 0.474. The van der Waals surface area contributed by atoms with E-state index in [1.807, 2.05) is 30.5 Å². The summed E-state index contributed by atoms with van der Waals surface area (Å²) >= 11 is 0. The Morgan fingerprint density at radius 2 is 2.12 bits per heavy atom. The van der Waals surface area contributed by atoms with Crippen LogP contribution >= 0.6 is 0 Å². The summed E-state index contributed by atoms with van der Waals surface area (Å²) in [5, 5.41) is 9.89. The fourth-order valence-corrected chi connectivity index (χ4v) is 4.45. The third-order valence-electron chi connectivity index (χ3n) is 5.83. The largest absolute Gasteiger partial charge is 0.497 e. The summed E-state index contributed by atoms with van der Waals surface area (Å²) in [5.41, 5.74) is -0.122. The molecule has 0 amide bonds. The normalized spacial score (nSPS) is 30.4. The van der Waals surface area contributed by atoms with Gasteiger partial charge in [0.1, 0.15) is 11.6 Å². The summed E-state index contributed by atoms with van der Waals surface area (Å²) < 4.78 is 5.27. The summed E-state index contributed by atoms with van der Waals surface area (Å²) in [6, 6.07) is 8.04. The second-order valence-electron chi connectivity index (χ2n) is 7.33. The van der Waals surface area contributed by atoms with Crippen LogP contribution in [0, 0.1) is 5.92 Å². The first-order valence-electron chi connectivity index (χ1n) is 8.92. The summed E-state index contributed by atoms with van der Waals surface area (Å²) in [6.07, 6.45) is 5.15. The van der Waals surface area contributed by atoms with Gasteiger partial charge >= 0.3 is 0 Å². The lowest BCUT2D eigenvalue weighted by Crippen LogP contribution is -2.59. The third kappa shape index (κ3) is 2.52. The van der Waals surface area contributed by atoms with Crippen molar-refractivity contribution in [3.63, 3.8) is 0 Å². The average Bonchev–Trinajstić information content (AvgIpc) is 3.04. The molecule has 6 heteroatoms. The molecular weight excluding hydrogens is 316 g/mol. The van der Waals surface area contributed by atoms with E-state index in [1.165, 1.54) is 25.9 Å². The predicted molar refractivity (Wildman–Crippen MR) is 96.9 cm³/mol. The maximum absolute atomic E-state index is 5.96. The van der Waals surface area contributed by atoms with Crippen LogP contribution in [0.4, 0.5) is 5.82 Å². The number of methoxy groups -OCH3 is 1. The highest BCUT2D eigenvalue weighted by Crippen LogP contribution is 2.43. The first-order valence-corrected chi connectivity index (χ1v) is 8.92. The number of nitrogens with one attached hydrogen (secondary N) is 1. The molecule has 2 bridgehead atoms. The molecule has 25 heavy (non-hydrogen) atoms. The van der Waals surface area contributed by atoms with Crippen molar-refractivity contribution in [2.24, 2.45) is 11.1 Å². The first kappa shape index (κ1) is 15.0. The lowest BCUT2D eigenvalue weighted by Gasteiger charge is -2.49. The number of ether oxygens (including phenoxy) is 1. The maximum atomic E-state index is 5.96. The van der Waals surface area contributed by atoms with Crippen molar-refractivity contribution in [1.82, 2.24) is 9.88 Å². The van der Waals surface area contributed by atoms with Gasteiger partial charge in [-0.05, 0) is 49.5 Å². The van der Waals surface area contributed by atoms with Crippen LogP contribution in [0.1, 0.15) is 19.3 Å². The first-order chi connectivity index (χ1) is 12.2. The Kier molecular flexibility index (Phi) is 3.35. The number of hydrogen-bond acceptors (Lipinski definition) is 6. The molecule has 3 saturated heterocycles. The molecule has 4 aliphatic heterocycles. The van der Waals surface area contributed by atoms with Gasteiger partial charge in [-0.1, -0.05) is 11.2 Å². The Hall–Kier alpha value is -2.34.